The van der Waals surface area contributed by atoms with E-state index in [2.05, 4.69) is 174 Å². The third-order valence-electron chi connectivity index (χ3n) is 8.44. The van der Waals surface area contributed by atoms with Crippen LogP contribution < -0.4 is 14.8 Å². The van der Waals surface area contributed by atoms with Gasteiger partial charge in [-0.15, -0.1) is 17.7 Å². The molecule has 1 aromatic heterocycles. The molecule has 9 rings (SSSR count). The molecule has 0 aliphatic carbocycles. The molecule has 4 heteroatoms. The molecule has 0 fully saturated rings. The molecule has 0 bridgehead atoms. The van der Waals surface area contributed by atoms with Crippen molar-refractivity contribution in [2.45, 2.75) is 0 Å². The van der Waals surface area contributed by atoms with Crippen LogP contribution in [-0.4, -0.2) is 0 Å². The zero-order valence-corrected chi connectivity index (χ0v) is 27.7. The van der Waals surface area contributed by atoms with Crippen molar-refractivity contribution < 1.29 is 22.4 Å². The minimum Gasteiger partial charge on any atom is -0.657 e. The monoisotopic (exact) mass is 786 g/mol. The first-order valence-electron chi connectivity index (χ1n) is 15.6. The number of aromatic nitrogens is 1. The van der Waals surface area contributed by atoms with E-state index in [0.717, 1.165) is 11.0 Å². The number of hydrogen-bond acceptors (Lipinski definition) is 2. The summed E-state index contributed by atoms with van der Waals surface area (Å²) in [4.78, 5) is 9.23. The predicted molar refractivity (Wildman–Crippen MR) is 194 cm³/mol. The molecule has 0 saturated carbocycles. The quantitative estimate of drug-likeness (QED) is 0.131. The molecule has 47 heavy (non-hydrogen) atoms. The van der Waals surface area contributed by atoms with Gasteiger partial charge in [0.15, 0.2) is 0 Å². The molecule has 1 aliphatic rings. The van der Waals surface area contributed by atoms with Gasteiger partial charge in [0.2, 0.25) is 0 Å². The van der Waals surface area contributed by atoms with Gasteiger partial charge in [0.05, 0.1) is 0 Å². The summed E-state index contributed by atoms with van der Waals surface area (Å²) in [7, 11) is 0. The molecule has 7 aromatic carbocycles. The van der Waals surface area contributed by atoms with Gasteiger partial charge in [0.1, 0.15) is 0 Å². The van der Waals surface area contributed by atoms with Crippen molar-refractivity contribution in [1.29, 1.82) is 0 Å². The topological polar surface area (TPSA) is 20.6 Å². The van der Waals surface area contributed by atoms with Crippen LogP contribution in [0.4, 0.5) is 22.7 Å². The normalized spacial score (nSPS) is 11.9. The first-order chi connectivity index (χ1) is 22.8. The number of hydrogen-bond donors (Lipinski definition) is 0. The van der Waals surface area contributed by atoms with Crippen LogP contribution >= 0.6 is 0 Å². The summed E-state index contributed by atoms with van der Waals surface area (Å²) < 4.78 is 0. The van der Waals surface area contributed by atoms with Crippen LogP contribution in [0.1, 0.15) is 0 Å². The molecule has 0 spiro atoms. The number of nitrogens with zero attached hydrogens (tertiary/aromatic N) is 3. The van der Waals surface area contributed by atoms with Gasteiger partial charge in [-0.2, -0.15) is 0 Å². The van der Waals surface area contributed by atoms with E-state index in [1.165, 1.54) is 55.8 Å². The maximum atomic E-state index is 4.78. The Morgan fingerprint density at radius 2 is 0.723 bits per heavy atom. The van der Waals surface area contributed by atoms with E-state index in [0.29, 0.717) is 0 Å². The van der Waals surface area contributed by atoms with Crippen molar-refractivity contribution in [1.82, 2.24) is 4.98 Å². The van der Waals surface area contributed by atoms with E-state index in [-0.39, 0.29) is 22.4 Å². The van der Waals surface area contributed by atoms with Crippen LogP contribution in [0.2, 0.25) is 0 Å². The smallest absolute Gasteiger partial charge is 0.0345 e. The van der Waals surface area contributed by atoms with Crippen LogP contribution in [0, 0.1) is 6.67 Å². The van der Waals surface area contributed by atoms with Gasteiger partial charge in [0.25, 0.3) is 0 Å². The molecular weight excluding hydrogens is 755 g/mol. The summed E-state index contributed by atoms with van der Waals surface area (Å²) >= 11 is 0. The van der Waals surface area contributed by atoms with Gasteiger partial charge in [-0.1, -0.05) is 133 Å². The second kappa shape index (κ2) is 13.6. The fourth-order valence-corrected chi connectivity index (χ4v) is 6.15. The Hall–Kier alpha value is -5.32. The van der Waals surface area contributed by atoms with Gasteiger partial charge in [-0.25, -0.2) is 0 Å². The molecule has 2 heterocycles. The largest absolute Gasteiger partial charge is 0.657 e. The minimum absolute atomic E-state index is 0. The van der Waals surface area contributed by atoms with Gasteiger partial charge >= 0.3 is 0 Å². The van der Waals surface area contributed by atoms with E-state index in [1.54, 1.807) is 0 Å². The third kappa shape index (κ3) is 6.13. The first kappa shape index (κ1) is 30.3. The van der Waals surface area contributed by atoms with Gasteiger partial charge in [-0.05, 0) is 81.6 Å². The average Bonchev–Trinajstić information content (AvgIpc) is 3.72. The Kier molecular flexibility index (Phi) is 8.77. The number of anilines is 4. The maximum absolute atomic E-state index is 4.78. The Morgan fingerprint density at radius 1 is 0.362 bits per heavy atom. The Morgan fingerprint density at radius 3 is 1.13 bits per heavy atom. The van der Waals surface area contributed by atoms with E-state index >= 15 is 0 Å². The second-order valence-corrected chi connectivity index (χ2v) is 11.3. The van der Waals surface area contributed by atoms with E-state index in [9.17, 15) is 0 Å². The molecule has 0 atom stereocenters. The van der Waals surface area contributed by atoms with Crippen LogP contribution in [0.15, 0.2) is 182 Å². The Bertz CT molecular complexity index is 2070. The standard InChI is InChI=1S/C24H16N.C19H15N2.Au/c1-3-7-17(8-4-1)19-11-13-23-21(15-19)22-16-20(12-14-24(22)25-23)18-9-5-2-6-10-18;1-3-9-16(10-4-1)20-15-21(17-11-5-2-6-12-17)19-14-8-7-13-18(19)20;/h1-16H;1-15H;/q2*-1;. The Labute approximate surface area is 291 Å². The molecule has 0 unspecified atom stereocenters. The van der Waals surface area contributed by atoms with Crippen LogP contribution in [0.25, 0.3) is 44.1 Å². The van der Waals surface area contributed by atoms with Crippen molar-refractivity contribution in [3.05, 3.63) is 189 Å². The fourth-order valence-electron chi connectivity index (χ4n) is 6.15. The van der Waals surface area contributed by atoms with Gasteiger partial charge in [0, 0.05) is 45.1 Å². The van der Waals surface area contributed by atoms with E-state index < -0.39 is 0 Å². The first-order valence-corrected chi connectivity index (χ1v) is 15.6. The summed E-state index contributed by atoms with van der Waals surface area (Å²) in [6, 6.07) is 63.4. The molecular formula is C43H31AuN3-2. The average molecular weight is 787 g/mol. The van der Waals surface area contributed by atoms with Crippen molar-refractivity contribution in [3.63, 3.8) is 0 Å². The Balaban J connectivity index is 0.000000148. The molecule has 0 saturated heterocycles. The number of benzene rings is 7. The van der Waals surface area contributed by atoms with E-state index in [4.69, 9.17) is 4.98 Å². The maximum Gasteiger partial charge on any atom is 0.0345 e. The second-order valence-electron chi connectivity index (χ2n) is 11.3. The summed E-state index contributed by atoms with van der Waals surface area (Å²) in [5.74, 6) is 0. The number of fused-ring (bicyclic) bond motifs is 4. The van der Waals surface area contributed by atoms with E-state index in [1.807, 2.05) is 24.3 Å². The number of rotatable bonds is 4. The summed E-state index contributed by atoms with van der Waals surface area (Å²) in [6.07, 6.45) is 0. The molecule has 3 nitrogen and oxygen atoms in total. The SMILES string of the molecule is [Au].c1ccc(-c2ccc3[n-]c4ccc(-c5ccccc5)cc4c3c2)cc1.c1ccc(N2[CH-]N(c3ccccc3)c3ccccc32)cc1. The summed E-state index contributed by atoms with van der Waals surface area (Å²) in [5, 5.41) is 2.43. The molecule has 0 N–H and O–H groups in total. The minimum atomic E-state index is 0. The number of para-hydroxylation sites is 4. The molecule has 1 aliphatic heterocycles. The van der Waals surface area contributed by atoms with Gasteiger partial charge in [-0.3, -0.25) is 0 Å². The summed E-state index contributed by atoms with van der Waals surface area (Å²) in [5.41, 5.74) is 11.8. The third-order valence-corrected chi connectivity index (χ3v) is 8.44. The molecule has 1 radical (unpaired) electrons. The van der Waals surface area contributed by atoms with Crippen molar-refractivity contribution in [3.8, 4) is 22.3 Å². The predicted octanol–water partition coefficient (Wildman–Crippen LogP) is 11.4. The van der Waals surface area contributed by atoms with Crippen molar-refractivity contribution in [2.75, 3.05) is 9.80 Å². The van der Waals surface area contributed by atoms with Crippen LogP contribution in [0.5, 0.6) is 0 Å². The fraction of sp³-hybridized carbons (Fsp3) is 0. The van der Waals surface area contributed by atoms with Crippen LogP contribution in [-0.2, 0) is 22.4 Å². The molecule has 8 aromatic rings. The zero-order chi connectivity index (χ0) is 30.7. The summed E-state index contributed by atoms with van der Waals surface area (Å²) in [6.45, 7) is 2.15. The van der Waals surface area contributed by atoms with Gasteiger partial charge < -0.3 is 14.8 Å². The van der Waals surface area contributed by atoms with Crippen LogP contribution in [0.3, 0.4) is 0 Å². The van der Waals surface area contributed by atoms with Crippen molar-refractivity contribution in [2.24, 2.45) is 0 Å². The zero-order valence-electron chi connectivity index (χ0n) is 25.5. The van der Waals surface area contributed by atoms with Crippen molar-refractivity contribution >= 4 is 44.6 Å². The molecule has 231 valence electrons. The molecule has 0 amide bonds.